The first-order chi connectivity index (χ1) is 8.33. The SMILES string of the molecule is C=CN/C(=C\C)CN1CCc2ccccc2C1. The van der Waals surface area contributed by atoms with Gasteiger partial charge in [-0.2, -0.15) is 0 Å². The first-order valence-electron chi connectivity index (χ1n) is 6.15. The molecule has 1 aliphatic heterocycles. The monoisotopic (exact) mass is 228 g/mol. The Morgan fingerprint density at radius 1 is 1.41 bits per heavy atom. The first kappa shape index (κ1) is 11.9. The number of nitrogens with zero attached hydrogens (tertiary/aromatic N) is 1. The molecule has 2 rings (SSSR count). The third kappa shape index (κ3) is 2.98. The van der Waals surface area contributed by atoms with E-state index < -0.39 is 0 Å². The summed E-state index contributed by atoms with van der Waals surface area (Å²) in [6.07, 6.45) is 5.01. The average molecular weight is 228 g/mol. The van der Waals surface area contributed by atoms with Crippen LogP contribution in [0.3, 0.4) is 0 Å². The van der Waals surface area contributed by atoms with Crippen LogP contribution in [-0.2, 0) is 13.0 Å². The summed E-state index contributed by atoms with van der Waals surface area (Å²) in [6.45, 7) is 8.92. The maximum Gasteiger partial charge on any atom is 0.0385 e. The van der Waals surface area contributed by atoms with E-state index in [1.807, 2.05) is 0 Å². The summed E-state index contributed by atoms with van der Waals surface area (Å²) >= 11 is 0. The molecule has 0 radical (unpaired) electrons. The van der Waals surface area contributed by atoms with Gasteiger partial charge >= 0.3 is 0 Å². The highest BCUT2D eigenvalue weighted by atomic mass is 15.1. The maximum absolute atomic E-state index is 3.71. The zero-order valence-corrected chi connectivity index (χ0v) is 10.4. The van der Waals surface area contributed by atoms with Crippen LogP contribution in [0.4, 0.5) is 0 Å². The Labute approximate surface area is 104 Å². The van der Waals surface area contributed by atoms with Crippen LogP contribution >= 0.6 is 0 Å². The van der Waals surface area contributed by atoms with Gasteiger partial charge < -0.3 is 5.32 Å². The Balaban J connectivity index is 2.00. The molecule has 0 unspecified atom stereocenters. The number of rotatable bonds is 4. The molecule has 0 bridgehead atoms. The van der Waals surface area contributed by atoms with Gasteiger partial charge in [-0.1, -0.05) is 36.9 Å². The number of allylic oxidation sites excluding steroid dienone is 1. The summed E-state index contributed by atoms with van der Waals surface area (Å²) in [5, 5.41) is 3.19. The van der Waals surface area contributed by atoms with E-state index in [1.54, 1.807) is 6.20 Å². The highest BCUT2D eigenvalue weighted by Gasteiger charge is 2.15. The summed E-state index contributed by atoms with van der Waals surface area (Å²) in [6, 6.07) is 8.73. The van der Waals surface area contributed by atoms with Crippen LogP contribution in [0.25, 0.3) is 0 Å². The minimum Gasteiger partial charge on any atom is -0.365 e. The first-order valence-corrected chi connectivity index (χ1v) is 6.15. The summed E-state index contributed by atoms with van der Waals surface area (Å²) in [5.41, 5.74) is 4.19. The van der Waals surface area contributed by atoms with Crippen molar-refractivity contribution < 1.29 is 0 Å². The standard InChI is InChI=1S/C15H20N2/c1-3-15(16-4-2)12-17-10-9-13-7-5-6-8-14(13)11-17/h3-8,16H,2,9-12H2,1H3/b15-3-. The Morgan fingerprint density at radius 3 is 2.88 bits per heavy atom. The van der Waals surface area contributed by atoms with E-state index in [0.717, 1.165) is 26.1 Å². The van der Waals surface area contributed by atoms with E-state index in [9.17, 15) is 0 Å². The Kier molecular flexibility index (Phi) is 3.99. The zero-order valence-electron chi connectivity index (χ0n) is 10.4. The minimum absolute atomic E-state index is 0.969. The van der Waals surface area contributed by atoms with Gasteiger partial charge in [-0.3, -0.25) is 4.90 Å². The molecule has 0 spiro atoms. The number of nitrogens with one attached hydrogen (secondary N) is 1. The molecule has 90 valence electrons. The Bertz CT molecular complexity index is 421. The molecule has 2 heteroatoms. The van der Waals surface area contributed by atoms with Gasteiger partial charge in [0.1, 0.15) is 0 Å². The fraction of sp³-hybridized carbons (Fsp3) is 0.333. The second-order valence-corrected chi connectivity index (χ2v) is 4.39. The van der Waals surface area contributed by atoms with Crippen LogP contribution in [0.1, 0.15) is 18.1 Å². The second-order valence-electron chi connectivity index (χ2n) is 4.39. The predicted octanol–water partition coefficient (Wildman–Crippen LogP) is 2.68. The lowest BCUT2D eigenvalue weighted by Gasteiger charge is -2.29. The molecule has 0 atom stereocenters. The van der Waals surface area contributed by atoms with Crippen molar-refractivity contribution in [2.24, 2.45) is 0 Å². The molecule has 1 aromatic carbocycles. The molecular weight excluding hydrogens is 208 g/mol. The number of hydrogen-bond acceptors (Lipinski definition) is 2. The van der Waals surface area contributed by atoms with Gasteiger partial charge in [0.25, 0.3) is 0 Å². The highest BCUT2D eigenvalue weighted by Crippen LogP contribution is 2.18. The van der Waals surface area contributed by atoms with E-state index in [-0.39, 0.29) is 0 Å². The molecule has 0 fully saturated rings. The van der Waals surface area contributed by atoms with Crippen LogP contribution in [-0.4, -0.2) is 18.0 Å². The lowest BCUT2D eigenvalue weighted by Crippen LogP contribution is -2.34. The van der Waals surface area contributed by atoms with Gasteiger partial charge in [0, 0.05) is 25.3 Å². The summed E-state index contributed by atoms with van der Waals surface area (Å²) < 4.78 is 0. The molecule has 0 saturated heterocycles. The van der Waals surface area contributed by atoms with Crippen LogP contribution in [0.5, 0.6) is 0 Å². The lowest BCUT2D eigenvalue weighted by atomic mass is 10.00. The maximum atomic E-state index is 3.71. The molecule has 0 aliphatic carbocycles. The van der Waals surface area contributed by atoms with Crippen molar-refractivity contribution in [2.45, 2.75) is 19.9 Å². The number of fused-ring (bicyclic) bond motifs is 1. The van der Waals surface area contributed by atoms with Gasteiger partial charge in [0.2, 0.25) is 0 Å². The second kappa shape index (κ2) is 5.69. The molecule has 0 saturated carbocycles. The average Bonchev–Trinajstić information content (AvgIpc) is 2.38. The quantitative estimate of drug-likeness (QED) is 0.852. The van der Waals surface area contributed by atoms with E-state index in [2.05, 4.69) is 54.1 Å². The predicted molar refractivity (Wildman–Crippen MR) is 72.5 cm³/mol. The Hall–Kier alpha value is -1.54. The van der Waals surface area contributed by atoms with Crippen LogP contribution in [0.15, 0.2) is 48.8 Å². The summed E-state index contributed by atoms with van der Waals surface area (Å²) in [7, 11) is 0. The van der Waals surface area contributed by atoms with Crippen LogP contribution < -0.4 is 5.32 Å². The molecule has 1 N–H and O–H groups in total. The van der Waals surface area contributed by atoms with E-state index >= 15 is 0 Å². The summed E-state index contributed by atoms with van der Waals surface area (Å²) in [4.78, 5) is 2.47. The Morgan fingerprint density at radius 2 is 2.18 bits per heavy atom. The third-order valence-corrected chi connectivity index (χ3v) is 3.24. The van der Waals surface area contributed by atoms with E-state index in [4.69, 9.17) is 0 Å². The molecule has 2 nitrogen and oxygen atoms in total. The smallest absolute Gasteiger partial charge is 0.0385 e. The highest BCUT2D eigenvalue weighted by molar-refractivity contribution is 5.29. The van der Waals surface area contributed by atoms with Gasteiger partial charge in [-0.05, 0) is 30.7 Å². The van der Waals surface area contributed by atoms with E-state index in [0.29, 0.717) is 0 Å². The minimum atomic E-state index is 0.969. The van der Waals surface area contributed by atoms with Crippen molar-refractivity contribution in [3.63, 3.8) is 0 Å². The fourth-order valence-corrected chi connectivity index (χ4v) is 2.28. The van der Waals surface area contributed by atoms with Crippen LogP contribution in [0.2, 0.25) is 0 Å². The van der Waals surface area contributed by atoms with Crippen molar-refractivity contribution in [3.8, 4) is 0 Å². The normalized spacial score (nSPS) is 16.4. The molecule has 1 aliphatic rings. The molecular formula is C15H20N2. The van der Waals surface area contributed by atoms with Crippen molar-refractivity contribution in [2.75, 3.05) is 13.1 Å². The molecule has 1 aromatic rings. The largest absolute Gasteiger partial charge is 0.365 e. The molecule has 1 heterocycles. The van der Waals surface area contributed by atoms with Gasteiger partial charge in [-0.15, -0.1) is 0 Å². The van der Waals surface area contributed by atoms with Crippen molar-refractivity contribution in [1.29, 1.82) is 0 Å². The number of hydrogen-bond donors (Lipinski definition) is 1. The molecule has 17 heavy (non-hydrogen) atoms. The van der Waals surface area contributed by atoms with Crippen molar-refractivity contribution in [3.05, 3.63) is 59.9 Å². The lowest BCUT2D eigenvalue weighted by molar-refractivity contribution is 0.272. The molecule has 0 amide bonds. The van der Waals surface area contributed by atoms with Crippen molar-refractivity contribution >= 4 is 0 Å². The number of benzene rings is 1. The van der Waals surface area contributed by atoms with E-state index in [1.165, 1.54) is 16.8 Å². The molecule has 0 aromatic heterocycles. The van der Waals surface area contributed by atoms with Gasteiger partial charge in [0.15, 0.2) is 0 Å². The van der Waals surface area contributed by atoms with Crippen molar-refractivity contribution in [1.82, 2.24) is 10.2 Å². The van der Waals surface area contributed by atoms with Gasteiger partial charge in [0.05, 0.1) is 0 Å². The fourth-order valence-electron chi connectivity index (χ4n) is 2.28. The summed E-state index contributed by atoms with van der Waals surface area (Å²) in [5.74, 6) is 0. The van der Waals surface area contributed by atoms with Gasteiger partial charge in [-0.25, -0.2) is 0 Å². The van der Waals surface area contributed by atoms with Crippen LogP contribution in [0, 0.1) is 0 Å². The zero-order chi connectivity index (χ0) is 12.1. The topological polar surface area (TPSA) is 15.3 Å². The third-order valence-electron chi connectivity index (χ3n) is 3.24.